The fourth-order valence-electron chi connectivity index (χ4n) is 2.96. The van der Waals surface area contributed by atoms with Crippen LogP contribution < -0.4 is 11.3 Å². The maximum absolute atomic E-state index is 5.79. The zero-order valence-electron chi connectivity index (χ0n) is 11.0. The number of nitrogens with one attached hydrogen (secondary N) is 1. The van der Waals surface area contributed by atoms with E-state index in [9.17, 15) is 0 Å². The fourth-order valence-corrected chi connectivity index (χ4v) is 2.96. The van der Waals surface area contributed by atoms with Crippen LogP contribution in [0.2, 0.25) is 0 Å². The summed E-state index contributed by atoms with van der Waals surface area (Å²) >= 11 is 0. The van der Waals surface area contributed by atoms with Gasteiger partial charge in [0.1, 0.15) is 0 Å². The van der Waals surface area contributed by atoms with Crippen LogP contribution in [0.1, 0.15) is 40.8 Å². The van der Waals surface area contributed by atoms with Gasteiger partial charge in [-0.15, -0.1) is 0 Å². The van der Waals surface area contributed by atoms with E-state index < -0.39 is 0 Å². The van der Waals surface area contributed by atoms with Crippen molar-refractivity contribution in [2.75, 3.05) is 0 Å². The van der Waals surface area contributed by atoms with Gasteiger partial charge in [-0.3, -0.25) is 21.2 Å². The molecule has 98 valence electrons. The first kappa shape index (κ1) is 12.3. The molecule has 1 aliphatic rings. The Kier molecular flexibility index (Phi) is 3.27. The lowest BCUT2D eigenvalue weighted by Crippen LogP contribution is -2.32. The quantitative estimate of drug-likeness (QED) is 0.649. The molecule has 4 heteroatoms. The number of rotatable bonds is 3. The zero-order valence-corrected chi connectivity index (χ0v) is 11.0. The lowest BCUT2D eigenvalue weighted by molar-refractivity contribution is 0.446. The Labute approximate surface area is 113 Å². The van der Waals surface area contributed by atoms with Crippen molar-refractivity contribution >= 4 is 0 Å². The molecular weight excluding hydrogens is 236 g/mol. The highest BCUT2D eigenvalue weighted by atomic mass is 15.2. The minimum Gasteiger partial charge on any atom is -0.271 e. The summed E-state index contributed by atoms with van der Waals surface area (Å²) in [6, 6.07) is 6.37. The van der Waals surface area contributed by atoms with Gasteiger partial charge < -0.3 is 0 Å². The average molecular weight is 254 g/mol. The lowest BCUT2D eigenvalue weighted by atomic mass is 9.91. The number of nitrogens with two attached hydrogens (primary N) is 1. The van der Waals surface area contributed by atoms with E-state index in [4.69, 9.17) is 5.84 Å². The highest BCUT2D eigenvalue weighted by molar-refractivity contribution is 5.33. The predicted octanol–water partition coefficient (Wildman–Crippen LogP) is 2.02. The molecule has 0 bridgehead atoms. The number of fused-ring (bicyclic) bond motifs is 1. The molecule has 0 amide bonds. The van der Waals surface area contributed by atoms with Crippen LogP contribution in [0, 0.1) is 6.92 Å². The standard InChI is InChI=1S/C15H18N4/c1-10-7-12(9-17-8-10)15(19-16)13-5-4-11-3-2-6-18-14(11)13/h2-3,6-9,13,15,19H,4-5,16H2,1H3. The Bertz CT molecular complexity index is 582. The third kappa shape index (κ3) is 2.25. The largest absolute Gasteiger partial charge is 0.271 e. The topological polar surface area (TPSA) is 63.8 Å². The number of nitrogens with zero attached hydrogens (tertiary/aromatic N) is 2. The lowest BCUT2D eigenvalue weighted by Gasteiger charge is -2.23. The van der Waals surface area contributed by atoms with Gasteiger partial charge in [0, 0.05) is 30.2 Å². The molecule has 2 unspecified atom stereocenters. The molecule has 2 atom stereocenters. The molecule has 0 aromatic carbocycles. The Hall–Kier alpha value is -1.78. The molecular formula is C15H18N4. The number of hydrogen-bond acceptors (Lipinski definition) is 4. The number of aryl methyl sites for hydroxylation is 2. The summed E-state index contributed by atoms with van der Waals surface area (Å²) in [5.74, 6) is 6.11. The third-order valence-corrected chi connectivity index (χ3v) is 3.84. The minimum absolute atomic E-state index is 0.0727. The molecule has 19 heavy (non-hydrogen) atoms. The molecule has 0 spiro atoms. The van der Waals surface area contributed by atoms with E-state index in [0.29, 0.717) is 5.92 Å². The molecule has 3 N–H and O–H groups in total. The Morgan fingerprint density at radius 1 is 1.42 bits per heavy atom. The smallest absolute Gasteiger partial charge is 0.0559 e. The first-order valence-electron chi connectivity index (χ1n) is 6.61. The molecule has 4 nitrogen and oxygen atoms in total. The SMILES string of the molecule is Cc1cncc(C(NN)C2CCc3cccnc32)c1. The summed E-state index contributed by atoms with van der Waals surface area (Å²) in [5, 5.41) is 0. The summed E-state index contributed by atoms with van der Waals surface area (Å²) in [6.45, 7) is 2.05. The Balaban J connectivity index is 1.96. The van der Waals surface area contributed by atoms with E-state index in [1.54, 1.807) is 0 Å². The van der Waals surface area contributed by atoms with Gasteiger partial charge in [-0.05, 0) is 42.5 Å². The van der Waals surface area contributed by atoms with E-state index in [1.807, 2.05) is 31.6 Å². The highest BCUT2D eigenvalue weighted by Crippen LogP contribution is 2.39. The molecule has 0 aliphatic heterocycles. The van der Waals surface area contributed by atoms with Crippen LogP contribution in [0.3, 0.4) is 0 Å². The van der Waals surface area contributed by atoms with Gasteiger partial charge in [0.2, 0.25) is 0 Å². The molecule has 3 rings (SSSR count). The molecule has 2 heterocycles. The van der Waals surface area contributed by atoms with Crippen LogP contribution in [0.25, 0.3) is 0 Å². The number of hydrazine groups is 1. The van der Waals surface area contributed by atoms with Crippen molar-refractivity contribution in [3.8, 4) is 0 Å². The van der Waals surface area contributed by atoms with Crippen LogP contribution in [0.4, 0.5) is 0 Å². The second kappa shape index (κ2) is 5.07. The molecule has 2 aromatic heterocycles. The fraction of sp³-hybridized carbons (Fsp3) is 0.333. The van der Waals surface area contributed by atoms with Gasteiger partial charge >= 0.3 is 0 Å². The van der Waals surface area contributed by atoms with Gasteiger partial charge in [0.25, 0.3) is 0 Å². The van der Waals surface area contributed by atoms with Gasteiger partial charge in [0.15, 0.2) is 0 Å². The van der Waals surface area contributed by atoms with Crippen LogP contribution in [-0.4, -0.2) is 9.97 Å². The maximum atomic E-state index is 5.79. The third-order valence-electron chi connectivity index (χ3n) is 3.84. The summed E-state index contributed by atoms with van der Waals surface area (Å²) < 4.78 is 0. The summed E-state index contributed by atoms with van der Waals surface area (Å²) in [5.41, 5.74) is 7.74. The van der Waals surface area contributed by atoms with E-state index >= 15 is 0 Å². The van der Waals surface area contributed by atoms with Crippen molar-refractivity contribution in [3.05, 3.63) is 59.2 Å². The summed E-state index contributed by atoms with van der Waals surface area (Å²) in [7, 11) is 0. The van der Waals surface area contributed by atoms with Crippen molar-refractivity contribution in [2.45, 2.75) is 31.7 Å². The van der Waals surface area contributed by atoms with Crippen molar-refractivity contribution in [2.24, 2.45) is 5.84 Å². The van der Waals surface area contributed by atoms with Gasteiger partial charge in [-0.2, -0.15) is 0 Å². The summed E-state index contributed by atoms with van der Waals surface area (Å²) in [6.07, 6.45) is 7.76. The zero-order chi connectivity index (χ0) is 13.2. The molecule has 2 aromatic rings. The van der Waals surface area contributed by atoms with Crippen LogP contribution in [-0.2, 0) is 6.42 Å². The second-order valence-electron chi connectivity index (χ2n) is 5.13. The molecule has 1 aliphatic carbocycles. The number of hydrogen-bond donors (Lipinski definition) is 2. The second-order valence-corrected chi connectivity index (χ2v) is 5.13. The number of pyridine rings is 2. The monoisotopic (exact) mass is 254 g/mol. The van der Waals surface area contributed by atoms with Crippen molar-refractivity contribution in [1.82, 2.24) is 15.4 Å². The predicted molar refractivity (Wildman–Crippen MR) is 74.3 cm³/mol. The first-order valence-corrected chi connectivity index (χ1v) is 6.61. The van der Waals surface area contributed by atoms with Crippen LogP contribution >= 0.6 is 0 Å². The normalized spacial score (nSPS) is 19.2. The van der Waals surface area contributed by atoms with Gasteiger partial charge in [0.05, 0.1) is 6.04 Å². The minimum atomic E-state index is 0.0727. The van der Waals surface area contributed by atoms with Gasteiger partial charge in [-0.25, -0.2) is 0 Å². The molecule has 0 radical (unpaired) electrons. The first-order chi connectivity index (χ1) is 9.29. The van der Waals surface area contributed by atoms with Crippen LogP contribution in [0.15, 0.2) is 36.8 Å². The molecule has 0 saturated heterocycles. The molecule has 0 fully saturated rings. The van der Waals surface area contributed by atoms with E-state index in [1.165, 1.54) is 11.3 Å². The van der Waals surface area contributed by atoms with Crippen molar-refractivity contribution in [1.29, 1.82) is 0 Å². The maximum Gasteiger partial charge on any atom is 0.0559 e. The highest BCUT2D eigenvalue weighted by Gasteiger charge is 2.31. The Morgan fingerprint density at radius 3 is 3.11 bits per heavy atom. The average Bonchev–Trinajstić information content (AvgIpc) is 2.84. The van der Waals surface area contributed by atoms with E-state index in [0.717, 1.165) is 24.0 Å². The Morgan fingerprint density at radius 2 is 2.32 bits per heavy atom. The number of aromatic nitrogens is 2. The van der Waals surface area contributed by atoms with E-state index in [2.05, 4.69) is 27.5 Å². The van der Waals surface area contributed by atoms with Crippen molar-refractivity contribution < 1.29 is 0 Å². The van der Waals surface area contributed by atoms with Crippen LogP contribution in [0.5, 0.6) is 0 Å². The van der Waals surface area contributed by atoms with Crippen molar-refractivity contribution in [3.63, 3.8) is 0 Å². The molecule has 0 saturated carbocycles. The van der Waals surface area contributed by atoms with Gasteiger partial charge in [-0.1, -0.05) is 12.1 Å². The summed E-state index contributed by atoms with van der Waals surface area (Å²) in [4.78, 5) is 8.81. The van der Waals surface area contributed by atoms with E-state index in [-0.39, 0.29) is 6.04 Å².